The zero-order valence-electron chi connectivity index (χ0n) is 10.9. The highest BCUT2D eigenvalue weighted by Gasteiger charge is 2.38. The van der Waals surface area contributed by atoms with Gasteiger partial charge in [-0.05, 0) is 13.3 Å². The van der Waals surface area contributed by atoms with Crippen LogP contribution in [-0.2, 0) is 4.74 Å². The van der Waals surface area contributed by atoms with E-state index in [0.717, 1.165) is 6.42 Å². The van der Waals surface area contributed by atoms with Crippen molar-refractivity contribution in [3.8, 4) is 6.07 Å². The van der Waals surface area contributed by atoms with E-state index in [1.165, 1.54) is 19.3 Å². The van der Waals surface area contributed by atoms with Gasteiger partial charge in [0.15, 0.2) is 5.60 Å². The van der Waals surface area contributed by atoms with Gasteiger partial charge in [0.2, 0.25) is 0 Å². The molecule has 0 bridgehead atoms. The molecule has 0 aliphatic heterocycles. The van der Waals surface area contributed by atoms with Crippen molar-refractivity contribution in [2.75, 3.05) is 6.61 Å². The summed E-state index contributed by atoms with van der Waals surface area (Å²) in [7, 11) is 0. The molecule has 0 radical (unpaired) electrons. The van der Waals surface area contributed by atoms with Gasteiger partial charge in [0, 0.05) is 12.0 Å². The first-order chi connectivity index (χ1) is 6.87. The second-order valence-corrected chi connectivity index (χ2v) is 5.30. The van der Waals surface area contributed by atoms with E-state index in [0.29, 0.717) is 6.61 Å². The van der Waals surface area contributed by atoms with E-state index >= 15 is 0 Å². The van der Waals surface area contributed by atoms with Gasteiger partial charge in [-0.2, -0.15) is 5.26 Å². The van der Waals surface area contributed by atoms with E-state index in [-0.39, 0.29) is 5.41 Å². The average Bonchev–Trinajstić information content (AvgIpc) is 2.15. The summed E-state index contributed by atoms with van der Waals surface area (Å²) in [6, 6.07) is 2.29. The summed E-state index contributed by atoms with van der Waals surface area (Å²) in [4.78, 5) is 0. The van der Waals surface area contributed by atoms with Crippen LogP contribution in [0.25, 0.3) is 0 Å². The van der Waals surface area contributed by atoms with Crippen molar-refractivity contribution in [2.45, 2.75) is 65.9 Å². The van der Waals surface area contributed by atoms with Crippen LogP contribution in [-0.4, -0.2) is 12.2 Å². The monoisotopic (exact) mass is 211 g/mol. The highest BCUT2D eigenvalue weighted by atomic mass is 16.5. The Kier molecular flexibility index (Phi) is 5.90. The summed E-state index contributed by atoms with van der Waals surface area (Å²) in [5.41, 5.74) is -0.800. The first-order valence-corrected chi connectivity index (χ1v) is 5.92. The Hall–Kier alpha value is -0.550. The molecule has 0 N–H and O–H groups in total. The molecule has 0 spiro atoms. The number of ether oxygens (including phenoxy) is 1. The van der Waals surface area contributed by atoms with E-state index in [4.69, 9.17) is 10.00 Å². The second-order valence-electron chi connectivity index (χ2n) is 5.30. The molecule has 1 unspecified atom stereocenters. The number of nitrogens with zero attached hydrogens (tertiary/aromatic N) is 1. The molecule has 0 rings (SSSR count). The molecule has 0 aromatic rings. The Labute approximate surface area is 94.6 Å². The summed E-state index contributed by atoms with van der Waals surface area (Å²) < 4.78 is 5.73. The third kappa shape index (κ3) is 4.66. The van der Waals surface area contributed by atoms with Crippen LogP contribution in [0.2, 0.25) is 0 Å². The third-order valence-electron chi connectivity index (χ3n) is 3.03. The molecule has 2 nitrogen and oxygen atoms in total. The van der Waals surface area contributed by atoms with Gasteiger partial charge in [0.25, 0.3) is 0 Å². The van der Waals surface area contributed by atoms with Crippen molar-refractivity contribution in [2.24, 2.45) is 5.41 Å². The summed E-state index contributed by atoms with van der Waals surface area (Å²) in [6.07, 6.45) is 4.74. The molecule has 0 saturated carbocycles. The van der Waals surface area contributed by atoms with Gasteiger partial charge in [-0.1, -0.05) is 47.0 Å². The van der Waals surface area contributed by atoms with Crippen molar-refractivity contribution in [3.05, 3.63) is 0 Å². The van der Waals surface area contributed by atoms with Crippen LogP contribution >= 0.6 is 0 Å². The van der Waals surface area contributed by atoms with Gasteiger partial charge in [-0.15, -0.1) is 0 Å². The number of nitriles is 1. The summed E-state index contributed by atoms with van der Waals surface area (Å²) >= 11 is 0. The average molecular weight is 211 g/mol. The molecule has 0 aliphatic carbocycles. The molecule has 15 heavy (non-hydrogen) atoms. The summed E-state index contributed by atoms with van der Waals surface area (Å²) in [5.74, 6) is 0. The van der Waals surface area contributed by atoms with Gasteiger partial charge in [-0.25, -0.2) is 0 Å². The Morgan fingerprint density at radius 3 is 2.07 bits per heavy atom. The van der Waals surface area contributed by atoms with E-state index in [1.807, 2.05) is 27.7 Å². The second kappa shape index (κ2) is 6.12. The quantitative estimate of drug-likeness (QED) is 0.624. The van der Waals surface area contributed by atoms with Crippen molar-refractivity contribution in [3.63, 3.8) is 0 Å². The SMILES string of the molecule is CCCCCCOC(C)(C#N)C(C)(C)C. The van der Waals surface area contributed by atoms with Crippen LogP contribution in [0.1, 0.15) is 60.3 Å². The minimum absolute atomic E-state index is 0.132. The summed E-state index contributed by atoms with van der Waals surface area (Å²) in [5, 5.41) is 9.15. The molecule has 0 amide bonds. The number of unbranched alkanes of at least 4 members (excludes halogenated alkanes) is 3. The molecule has 2 heteroatoms. The Bertz CT molecular complexity index is 212. The highest BCUT2D eigenvalue weighted by molar-refractivity contribution is 5.06. The normalized spacial score (nSPS) is 15.7. The van der Waals surface area contributed by atoms with Crippen LogP contribution in [0.4, 0.5) is 0 Å². The van der Waals surface area contributed by atoms with Crippen LogP contribution < -0.4 is 0 Å². The fourth-order valence-electron chi connectivity index (χ4n) is 1.22. The first-order valence-electron chi connectivity index (χ1n) is 5.92. The maximum Gasteiger partial charge on any atom is 0.156 e. The van der Waals surface area contributed by atoms with Crippen molar-refractivity contribution in [1.82, 2.24) is 0 Å². The van der Waals surface area contributed by atoms with Gasteiger partial charge in [-0.3, -0.25) is 0 Å². The lowest BCUT2D eigenvalue weighted by atomic mass is 9.78. The Morgan fingerprint density at radius 1 is 1.07 bits per heavy atom. The molecular weight excluding hydrogens is 186 g/mol. The molecule has 1 atom stereocenters. The number of hydrogen-bond acceptors (Lipinski definition) is 2. The van der Waals surface area contributed by atoms with Crippen LogP contribution in [0.5, 0.6) is 0 Å². The zero-order valence-corrected chi connectivity index (χ0v) is 10.9. The Morgan fingerprint density at radius 2 is 1.67 bits per heavy atom. The molecule has 0 aromatic carbocycles. The minimum atomic E-state index is -0.667. The third-order valence-corrected chi connectivity index (χ3v) is 3.03. The molecule has 0 saturated heterocycles. The topological polar surface area (TPSA) is 33.0 Å². The molecule has 0 fully saturated rings. The molecule has 88 valence electrons. The zero-order chi connectivity index (χ0) is 11.9. The molecular formula is C13H25NO. The van der Waals surface area contributed by atoms with E-state index in [1.54, 1.807) is 0 Å². The van der Waals surface area contributed by atoms with E-state index in [9.17, 15) is 0 Å². The minimum Gasteiger partial charge on any atom is -0.360 e. The predicted octanol–water partition coefficient (Wildman–Crippen LogP) is 3.91. The first kappa shape index (κ1) is 14.5. The molecule has 0 aliphatic rings. The van der Waals surface area contributed by atoms with Crippen LogP contribution in [0.3, 0.4) is 0 Å². The van der Waals surface area contributed by atoms with Gasteiger partial charge in [0.1, 0.15) is 0 Å². The largest absolute Gasteiger partial charge is 0.360 e. The smallest absolute Gasteiger partial charge is 0.156 e. The number of rotatable bonds is 6. The van der Waals surface area contributed by atoms with Crippen LogP contribution in [0, 0.1) is 16.7 Å². The van der Waals surface area contributed by atoms with Crippen molar-refractivity contribution >= 4 is 0 Å². The standard InChI is InChI=1S/C13H25NO/c1-6-7-8-9-10-15-13(5,11-14)12(2,3)4/h6-10H2,1-5H3. The van der Waals surface area contributed by atoms with E-state index in [2.05, 4.69) is 13.0 Å². The predicted molar refractivity (Wildman–Crippen MR) is 63.6 cm³/mol. The summed E-state index contributed by atoms with van der Waals surface area (Å²) in [6.45, 7) is 10.9. The molecule has 0 aromatic heterocycles. The maximum absolute atomic E-state index is 9.15. The van der Waals surface area contributed by atoms with Crippen LogP contribution in [0.15, 0.2) is 0 Å². The van der Waals surface area contributed by atoms with Gasteiger partial charge in [0.05, 0.1) is 6.07 Å². The molecule has 0 heterocycles. The van der Waals surface area contributed by atoms with Gasteiger partial charge < -0.3 is 4.74 Å². The number of hydrogen-bond donors (Lipinski definition) is 0. The highest BCUT2D eigenvalue weighted by Crippen LogP contribution is 2.32. The lowest BCUT2D eigenvalue weighted by Crippen LogP contribution is -2.41. The maximum atomic E-state index is 9.15. The van der Waals surface area contributed by atoms with E-state index < -0.39 is 5.60 Å². The lowest BCUT2D eigenvalue weighted by Gasteiger charge is -2.35. The van der Waals surface area contributed by atoms with Crippen molar-refractivity contribution in [1.29, 1.82) is 5.26 Å². The lowest BCUT2D eigenvalue weighted by molar-refractivity contribution is -0.0627. The Balaban J connectivity index is 3.97. The fourth-order valence-corrected chi connectivity index (χ4v) is 1.22. The fraction of sp³-hybridized carbons (Fsp3) is 0.923. The van der Waals surface area contributed by atoms with Gasteiger partial charge >= 0.3 is 0 Å². The van der Waals surface area contributed by atoms with Crippen molar-refractivity contribution < 1.29 is 4.74 Å².